The second-order valence-electron chi connectivity index (χ2n) is 2.14. The fourth-order valence-corrected chi connectivity index (χ4v) is 1.49. The Morgan fingerprint density at radius 3 is 2.82 bits per heavy atom. The third-order valence-corrected chi connectivity index (χ3v) is 2.09. The van der Waals surface area contributed by atoms with Gasteiger partial charge in [0.15, 0.2) is 0 Å². The smallest absolute Gasteiger partial charge is 0.0912 e. The van der Waals surface area contributed by atoms with Crippen molar-refractivity contribution in [2.24, 2.45) is 5.73 Å². The molecule has 0 saturated heterocycles. The molecule has 0 aliphatic carbocycles. The van der Waals surface area contributed by atoms with E-state index in [-0.39, 0.29) is 25.1 Å². The zero-order chi connectivity index (χ0) is 7.40. The van der Waals surface area contributed by atoms with Crippen molar-refractivity contribution >= 4 is 23.7 Å². The van der Waals surface area contributed by atoms with Gasteiger partial charge in [-0.2, -0.15) is 11.3 Å². The summed E-state index contributed by atoms with van der Waals surface area (Å²) < 4.78 is 11.8. The van der Waals surface area contributed by atoms with Gasteiger partial charge < -0.3 is 5.73 Å². The van der Waals surface area contributed by atoms with E-state index in [1.54, 1.807) is 11.3 Å². The lowest BCUT2D eigenvalue weighted by Crippen LogP contribution is -2.09. The van der Waals surface area contributed by atoms with Gasteiger partial charge in [0.05, 0.1) is 6.67 Å². The molecular weight excluding hydrogens is 185 g/mol. The first-order valence-electron chi connectivity index (χ1n) is 3.18. The normalized spacial score (nSPS) is 12.2. The number of hydrogen-bond donors (Lipinski definition) is 1. The van der Waals surface area contributed by atoms with Crippen molar-refractivity contribution in [3.8, 4) is 0 Å². The van der Waals surface area contributed by atoms with E-state index in [1.165, 1.54) is 0 Å². The van der Waals surface area contributed by atoms with Crippen molar-refractivity contribution in [2.75, 3.05) is 6.67 Å². The number of nitrogens with two attached hydrogens (primary N) is 1. The van der Waals surface area contributed by atoms with Gasteiger partial charge in [-0.25, -0.2) is 0 Å². The lowest BCUT2D eigenvalue weighted by Gasteiger charge is -2.04. The Bertz CT molecular complexity index is 179. The molecule has 1 heterocycles. The highest BCUT2D eigenvalue weighted by Crippen LogP contribution is 2.16. The van der Waals surface area contributed by atoms with Crippen molar-refractivity contribution in [3.05, 3.63) is 22.4 Å². The maximum Gasteiger partial charge on any atom is 0.0912 e. The highest BCUT2D eigenvalue weighted by Gasteiger charge is 2.04. The van der Waals surface area contributed by atoms with Gasteiger partial charge in [0.1, 0.15) is 0 Å². The second-order valence-corrected chi connectivity index (χ2v) is 2.92. The number of rotatable bonds is 3. The van der Waals surface area contributed by atoms with E-state index in [0.717, 1.165) is 5.56 Å². The van der Waals surface area contributed by atoms with Crippen LogP contribution in [-0.4, -0.2) is 6.67 Å². The predicted octanol–water partition coefficient (Wildman–Crippen LogP) is 2.53. The molecule has 11 heavy (non-hydrogen) atoms. The average Bonchev–Trinajstić information content (AvgIpc) is 2.38. The lowest BCUT2D eigenvalue weighted by molar-refractivity contribution is 0.442. The van der Waals surface area contributed by atoms with Crippen molar-refractivity contribution in [1.82, 2.24) is 0 Å². The fraction of sp³-hybridized carbons (Fsp3) is 0.429. The Kier molecular flexibility index (Phi) is 5.46. The molecule has 0 bridgehead atoms. The molecule has 0 aliphatic heterocycles. The Morgan fingerprint density at radius 1 is 1.64 bits per heavy atom. The van der Waals surface area contributed by atoms with Gasteiger partial charge in [-0.15, -0.1) is 12.4 Å². The summed E-state index contributed by atoms with van der Waals surface area (Å²) in [6.07, 6.45) is 0.427. The minimum atomic E-state index is -0.336. The summed E-state index contributed by atoms with van der Waals surface area (Å²) >= 11 is 1.59. The van der Waals surface area contributed by atoms with Crippen LogP contribution >= 0.6 is 23.7 Å². The summed E-state index contributed by atoms with van der Waals surface area (Å²) in [6.45, 7) is -0.336. The van der Waals surface area contributed by atoms with E-state index in [1.807, 2.05) is 16.8 Å². The summed E-state index contributed by atoms with van der Waals surface area (Å²) in [5.74, 6) is 0. The number of thiophene rings is 1. The van der Waals surface area contributed by atoms with Crippen molar-refractivity contribution in [2.45, 2.75) is 12.5 Å². The maximum atomic E-state index is 11.8. The van der Waals surface area contributed by atoms with Crippen molar-refractivity contribution < 1.29 is 4.39 Å². The van der Waals surface area contributed by atoms with Gasteiger partial charge in [-0.05, 0) is 28.8 Å². The van der Waals surface area contributed by atoms with Crippen LogP contribution in [0, 0.1) is 0 Å². The maximum absolute atomic E-state index is 11.8. The van der Waals surface area contributed by atoms with Crippen LogP contribution in [0.1, 0.15) is 18.0 Å². The summed E-state index contributed by atoms with van der Waals surface area (Å²) in [5, 5.41) is 3.91. The summed E-state index contributed by atoms with van der Waals surface area (Å²) in [6, 6.07) is 1.82. The van der Waals surface area contributed by atoms with Crippen LogP contribution < -0.4 is 5.73 Å². The standard InChI is InChI=1S/C7H10FNS.ClH/c8-3-1-7(9)6-2-4-10-5-6;/h2,4-5,7H,1,3,9H2;1H/t7-;/m1./s1. The van der Waals surface area contributed by atoms with Gasteiger partial charge >= 0.3 is 0 Å². The summed E-state index contributed by atoms with van der Waals surface area (Å²) in [5.41, 5.74) is 6.66. The van der Waals surface area contributed by atoms with E-state index >= 15 is 0 Å². The molecule has 4 heteroatoms. The molecule has 0 aromatic carbocycles. The molecule has 0 amide bonds. The summed E-state index contributed by atoms with van der Waals surface area (Å²) in [7, 11) is 0. The lowest BCUT2D eigenvalue weighted by atomic mass is 10.1. The van der Waals surface area contributed by atoms with E-state index in [4.69, 9.17) is 5.73 Å². The molecule has 1 atom stereocenters. The zero-order valence-corrected chi connectivity index (χ0v) is 7.63. The molecule has 0 fully saturated rings. The summed E-state index contributed by atoms with van der Waals surface area (Å²) in [4.78, 5) is 0. The number of alkyl halides is 1. The molecule has 0 unspecified atom stereocenters. The van der Waals surface area contributed by atoms with E-state index in [0.29, 0.717) is 6.42 Å². The molecule has 1 rings (SSSR count). The van der Waals surface area contributed by atoms with Gasteiger partial charge in [0.25, 0.3) is 0 Å². The molecule has 2 N–H and O–H groups in total. The van der Waals surface area contributed by atoms with Gasteiger partial charge in [-0.3, -0.25) is 4.39 Å². The zero-order valence-electron chi connectivity index (χ0n) is 6.00. The van der Waals surface area contributed by atoms with E-state index < -0.39 is 0 Å². The first kappa shape index (κ1) is 10.9. The van der Waals surface area contributed by atoms with Gasteiger partial charge in [0.2, 0.25) is 0 Å². The van der Waals surface area contributed by atoms with Gasteiger partial charge in [-0.1, -0.05) is 0 Å². The largest absolute Gasteiger partial charge is 0.324 e. The molecular formula is C7H11ClFNS. The van der Waals surface area contributed by atoms with Crippen LogP contribution in [-0.2, 0) is 0 Å². The Balaban J connectivity index is 0.000001000. The quantitative estimate of drug-likeness (QED) is 0.788. The third-order valence-electron chi connectivity index (χ3n) is 1.39. The minimum Gasteiger partial charge on any atom is -0.324 e. The van der Waals surface area contributed by atoms with Crippen LogP contribution in [0.4, 0.5) is 4.39 Å². The Hall–Kier alpha value is -0.120. The highest BCUT2D eigenvalue weighted by atomic mass is 35.5. The SMILES string of the molecule is Cl.N[C@H](CCF)c1ccsc1. The minimum absolute atomic E-state index is 0. The van der Waals surface area contributed by atoms with Crippen LogP contribution in [0.15, 0.2) is 16.8 Å². The number of hydrogen-bond acceptors (Lipinski definition) is 2. The highest BCUT2D eigenvalue weighted by molar-refractivity contribution is 7.07. The third kappa shape index (κ3) is 3.18. The molecule has 0 aliphatic rings. The fourth-order valence-electron chi connectivity index (χ4n) is 0.770. The molecule has 0 radical (unpaired) electrons. The molecule has 64 valence electrons. The second kappa shape index (κ2) is 5.52. The average molecular weight is 196 g/mol. The Morgan fingerprint density at radius 2 is 2.36 bits per heavy atom. The molecule has 1 nitrogen and oxygen atoms in total. The topological polar surface area (TPSA) is 26.0 Å². The molecule has 1 aromatic rings. The van der Waals surface area contributed by atoms with Crippen LogP contribution in [0.3, 0.4) is 0 Å². The van der Waals surface area contributed by atoms with E-state index in [2.05, 4.69) is 0 Å². The number of halogens is 2. The Labute approximate surface area is 75.8 Å². The monoisotopic (exact) mass is 195 g/mol. The van der Waals surface area contributed by atoms with Gasteiger partial charge in [0, 0.05) is 6.04 Å². The van der Waals surface area contributed by atoms with Crippen molar-refractivity contribution in [3.63, 3.8) is 0 Å². The molecule has 0 spiro atoms. The van der Waals surface area contributed by atoms with Crippen LogP contribution in [0.5, 0.6) is 0 Å². The first-order valence-corrected chi connectivity index (χ1v) is 4.12. The van der Waals surface area contributed by atoms with Crippen LogP contribution in [0.2, 0.25) is 0 Å². The van der Waals surface area contributed by atoms with E-state index in [9.17, 15) is 4.39 Å². The molecule has 1 aromatic heterocycles. The molecule has 0 saturated carbocycles. The van der Waals surface area contributed by atoms with Crippen molar-refractivity contribution in [1.29, 1.82) is 0 Å². The first-order chi connectivity index (χ1) is 4.84. The van der Waals surface area contributed by atoms with Crippen LogP contribution in [0.25, 0.3) is 0 Å². The predicted molar refractivity (Wildman–Crippen MR) is 49.1 cm³/mol.